The number of esters is 2. The summed E-state index contributed by atoms with van der Waals surface area (Å²) < 4.78 is 15.4. The molecule has 0 N–H and O–H groups in total. The predicted molar refractivity (Wildman–Crippen MR) is 101 cm³/mol. The number of hydrogen-bond acceptors (Lipinski definition) is 6. The molecule has 1 amide bonds. The molecule has 28 heavy (non-hydrogen) atoms. The molecule has 0 saturated carbocycles. The summed E-state index contributed by atoms with van der Waals surface area (Å²) in [6, 6.07) is 9.24. The van der Waals surface area contributed by atoms with Gasteiger partial charge in [0, 0.05) is 18.7 Å². The number of carbonyl (C=O) groups excluding carboxylic acids is 3. The largest absolute Gasteiger partial charge is 0.465 e. The smallest absolute Gasteiger partial charge is 0.341 e. The Morgan fingerprint density at radius 3 is 2.61 bits per heavy atom. The molecule has 1 aliphatic heterocycles. The molecule has 0 radical (unpaired) electrons. The molecule has 3 rings (SSSR count). The number of amides is 1. The molecule has 1 fully saturated rings. The average Bonchev–Trinajstić information content (AvgIpc) is 3.28. The summed E-state index contributed by atoms with van der Waals surface area (Å²) in [7, 11) is 1.28. The van der Waals surface area contributed by atoms with Gasteiger partial charge in [0.25, 0.3) is 0 Å². The first-order valence-corrected chi connectivity index (χ1v) is 9.16. The monoisotopic (exact) mass is 385 g/mol. The number of aryl methyl sites for hydroxylation is 2. The van der Waals surface area contributed by atoms with Crippen molar-refractivity contribution in [2.24, 2.45) is 5.92 Å². The SMILES string of the molecule is CCc1ccc(N2CC(C(=O)OCc3cc(C(=O)OC)c(C)o3)CC2=O)cc1. The van der Waals surface area contributed by atoms with Crippen molar-refractivity contribution in [1.82, 2.24) is 0 Å². The number of carbonyl (C=O) groups is 3. The van der Waals surface area contributed by atoms with E-state index in [-0.39, 0.29) is 25.5 Å². The minimum atomic E-state index is -0.533. The van der Waals surface area contributed by atoms with Crippen LogP contribution in [0, 0.1) is 12.8 Å². The highest BCUT2D eigenvalue weighted by Crippen LogP contribution is 2.27. The number of ether oxygens (including phenoxy) is 2. The van der Waals surface area contributed by atoms with Crippen molar-refractivity contribution >= 4 is 23.5 Å². The molecule has 0 aliphatic carbocycles. The highest BCUT2D eigenvalue weighted by Gasteiger charge is 2.36. The first-order chi connectivity index (χ1) is 13.4. The van der Waals surface area contributed by atoms with Crippen LogP contribution in [0.15, 0.2) is 34.7 Å². The molecule has 7 heteroatoms. The Morgan fingerprint density at radius 1 is 1.25 bits per heavy atom. The number of anilines is 1. The maximum atomic E-state index is 12.4. The zero-order chi connectivity index (χ0) is 20.3. The van der Waals surface area contributed by atoms with Crippen molar-refractivity contribution in [3.8, 4) is 0 Å². The van der Waals surface area contributed by atoms with Crippen LogP contribution in [0.4, 0.5) is 5.69 Å². The number of hydrogen-bond donors (Lipinski definition) is 0. The molecule has 0 bridgehead atoms. The van der Waals surface area contributed by atoms with E-state index in [9.17, 15) is 14.4 Å². The van der Waals surface area contributed by atoms with Crippen LogP contribution in [-0.2, 0) is 32.1 Å². The lowest BCUT2D eigenvalue weighted by molar-refractivity contribution is -0.150. The van der Waals surface area contributed by atoms with Crippen molar-refractivity contribution in [3.05, 3.63) is 53.0 Å². The van der Waals surface area contributed by atoms with Gasteiger partial charge in [0.05, 0.1) is 13.0 Å². The second kappa shape index (κ2) is 8.29. The van der Waals surface area contributed by atoms with E-state index in [1.807, 2.05) is 24.3 Å². The average molecular weight is 385 g/mol. The summed E-state index contributed by atoms with van der Waals surface area (Å²) in [6.07, 6.45) is 1.03. The van der Waals surface area contributed by atoms with Gasteiger partial charge < -0.3 is 18.8 Å². The summed E-state index contributed by atoms with van der Waals surface area (Å²) in [5.41, 5.74) is 2.26. The molecule has 1 aromatic heterocycles. The van der Waals surface area contributed by atoms with Crippen LogP contribution in [0.5, 0.6) is 0 Å². The Balaban J connectivity index is 1.59. The van der Waals surface area contributed by atoms with E-state index < -0.39 is 17.9 Å². The van der Waals surface area contributed by atoms with E-state index in [1.165, 1.54) is 18.7 Å². The fourth-order valence-electron chi connectivity index (χ4n) is 3.21. The van der Waals surface area contributed by atoms with Crippen LogP contribution < -0.4 is 4.90 Å². The van der Waals surface area contributed by atoms with Crippen LogP contribution in [0.25, 0.3) is 0 Å². The van der Waals surface area contributed by atoms with Crippen LogP contribution in [-0.4, -0.2) is 31.5 Å². The normalized spacial score (nSPS) is 16.3. The Kier molecular flexibility index (Phi) is 5.82. The molecule has 1 aliphatic rings. The van der Waals surface area contributed by atoms with Crippen LogP contribution in [0.1, 0.15) is 40.8 Å². The van der Waals surface area contributed by atoms with E-state index in [0.717, 1.165) is 12.1 Å². The van der Waals surface area contributed by atoms with Gasteiger partial charge in [-0.2, -0.15) is 0 Å². The lowest BCUT2D eigenvalue weighted by Gasteiger charge is -2.16. The minimum Gasteiger partial charge on any atom is -0.465 e. The van der Waals surface area contributed by atoms with E-state index >= 15 is 0 Å². The number of methoxy groups -OCH3 is 1. The molecule has 7 nitrogen and oxygen atoms in total. The van der Waals surface area contributed by atoms with Gasteiger partial charge in [0.1, 0.15) is 23.7 Å². The van der Waals surface area contributed by atoms with Gasteiger partial charge in [0.15, 0.2) is 0 Å². The number of rotatable bonds is 6. The fourth-order valence-corrected chi connectivity index (χ4v) is 3.21. The lowest BCUT2D eigenvalue weighted by atomic mass is 10.1. The Hall–Kier alpha value is -3.09. The Bertz CT molecular complexity index is 883. The van der Waals surface area contributed by atoms with Gasteiger partial charge in [-0.1, -0.05) is 19.1 Å². The van der Waals surface area contributed by atoms with Crippen molar-refractivity contribution in [1.29, 1.82) is 0 Å². The Labute approximate surface area is 163 Å². The molecule has 1 atom stereocenters. The molecular formula is C21H23NO6. The maximum Gasteiger partial charge on any atom is 0.341 e. The third-order valence-corrected chi connectivity index (χ3v) is 4.85. The molecular weight excluding hydrogens is 362 g/mol. The molecule has 1 aromatic carbocycles. The highest BCUT2D eigenvalue weighted by molar-refractivity contribution is 5.99. The van der Waals surface area contributed by atoms with Crippen molar-refractivity contribution in [3.63, 3.8) is 0 Å². The maximum absolute atomic E-state index is 12.4. The van der Waals surface area contributed by atoms with Crippen molar-refractivity contribution in [2.75, 3.05) is 18.6 Å². The molecule has 2 aromatic rings. The van der Waals surface area contributed by atoms with E-state index in [1.54, 1.807) is 11.8 Å². The fraction of sp³-hybridized carbons (Fsp3) is 0.381. The van der Waals surface area contributed by atoms with Gasteiger partial charge >= 0.3 is 11.9 Å². The number of benzene rings is 1. The third-order valence-electron chi connectivity index (χ3n) is 4.85. The summed E-state index contributed by atoms with van der Waals surface area (Å²) in [6.45, 7) is 3.88. The van der Waals surface area contributed by atoms with Gasteiger partial charge in [-0.15, -0.1) is 0 Å². The molecule has 148 valence electrons. The highest BCUT2D eigenvalue weighted by atomic mass is 16.5. The third kappa shape index (κ3) is 4.08. The van der Waals surface area contributed by atoms with E-state index in [0.29, 0.717) is 17.1 Å². The molecule has 0 spiro atoms. The molecule has 1 unspecified atom stereocenters. The second-order valence-corrected chi connectivity index (χ2v) is 6.71. The van der Waals surface area contributed by atoms with Gasteiger partial charge in [-0.3, -0.25) is 9.59 Å². The molecule has 2 heterocycles. The first kappa shape index (κ1) is 19.7. The van der Waals surface area contributed by atoms with Gasteiger partial charge in [0.2, 0.25) is 5.91 Å². The summed E-state index contributed by atoms with van der Waals surface area (Å²) >= 11 is 0. The zero-order valence-corrected chi connectivity index (χ0v) is 16.2. The van der Waals surface area contributed by atoms with E-state index in [4.69, 9.17) is 9.15 Å². The second-order valence-electron chi connectivity index (χ2n) is 6.71. The quantitative estimate of drug-likeness (QED) is 0.711. The standard InChI is InChI=1S/C21H23NO6/c1-4-14-5-7-16(8-6-14)22-11-15(9-19(22)23)20(24)27-12-17-10-18(13(2)28-17)21(25)26-3/h5-8,10,15H,4,9,11-12H2,1-3H3. The minimum absolute atomic E-state index is 0.104. The summed E-state index contributed by atoms with van der Waals surface area (Å²) in [4.78, 5) is 37.9. The van der Waals surface area contributed by atoms with Crippen LogP contribution in [0.3, 0.4) is 0 Å². The first-order valence-electron chi connectivity index (χ1n) is 9.16. The number of nitrogens with zero attached hydrogens (tertiary/aromatic N) is 1. The predicted octanol–water partition coefficient (Wildman–Crippen LogP) is 3.03. The van der Waals surface area contributed by atoms with Gasteiger partial charge in [-0.05, 0) is 37.1 Å². The van der Waals surface area contributed by atoms with Crippen molar-refractivity contribution < 1.29 is 28.3 Å². The lowest BCUT2D eigenvalue weighted by Crippen LogP contribution is -2.26. The van der Waals surface area contributed by atoms with Crippen molar-refractivity contribution in [2.45, 2.75) is 33.3 Å². The van der Waals surface area contributed by atoms with Crippen LogP contribution >= 0.6 is 0 Å². The summed E-state index contributed by atoms with van der Waals surface area (Å²) in [5, 5.41) is 0. The zero-order valence-electron chi connectivity index (χ0n) is 16.2. The van der Waals surface area contributed by atoms with E-state index in [2.05, 4.69) is 11.7 Å². The van der Waals surface area contributed by atoms with Gasteiger partial charge in [-0.25, -0.2) is 4.79 Å². The number of furan rings is 1. The Morgan fingerprint density at radius 2 is 1.96 bits per heavy atom. The summed E-state index contributed by atoms with van der Waals surface area (Å²) in [5.74, 6) is -0.861. The van der Waals surface area contributed by atoms with Crippen LogP contribution in [0.2, 0.25) is 0 Å². The topological polar surface area (TPSA) is 86.1 Å². The molecule has 1 saturated heterocycles.